The molecule has 2 heterocycles. The van der Waals surface area contributed by atoms with Crippen LogP contribution in [0.25, 0.3) is 0 Å². The third-order valence-corrected chi connectivity index (χ3v) is 4.62. The van der Waals surface area contributed by atoms with Crippen LogP contribution in [0.4, 0.5) is 4.79 Å². The molecule has 134 valence electrons. The molecule has 2 rings (SSSR count). The molecule has 1 aliphatic rings. The van der Waals surface area contributed by atoms with Crippen LogP contribution in [0.3, 0.4) is 0 Å². The largest absolute Gasteiger partial charge is 0.481 e. The van der Waals surface area contributed by atoms with Crippen molar-refractivity contribution in [2.75, 3.05) is 20.2 Å². The first-order valence-electron chi connectivity index (χ1n) is 8.66. The Morgan fingerprint density at radius 2 is 2.08 bits per heavy atom. The van der Waals surface area contributed by atoms with E-state index in [0.29, 0.717) is 5.88 Å². The van der Waals surface area contributed by atoms with Gasteiger partial charge in [0.2, 0.25) is 5.88 Å². The monoisotopic (exact) mass is 334 g/mol. The molecule has 0 N–H and O–H groups in total. The van der Waals surface area contributed by atoms with Gasteiger partial charge >= 0.3 is 6.09 Å². The summed E-state index contributed by atoms with van der Waals surface area (Å²) < 4.78 is 10.8. The summed E-state index contributed by atoms with van der Waals surface area (Å²) in [7, 11) is 1.64. The van der Waals surface area contributed by atoms with E-state index in [9.17, 15) is 4.79 Å². The SMILES string of the molecule is CC[C@]1(Cc2cc(C)nc(OC)c2)CCN(C(=O)OC(C)(C)C)C1. The van der Waals surface area contributed by atoms with Crippen LogP contribution in [0, 0.1) is 12.3 Å². The molecule has 1 aromatic heterocycles. The van der Waals surface area contributed by atoms with E-state index in [1.165, 1.54) is 5.56 Å². The zero-order valence-electron chi connectivity index (χ0n) is 15.8. The van der Waals surface area contributed by atoms with E-state index in [1.54, 1.807) is 7.11 Å². The molecule has 1 aromatic rings. The molecule has 0 bridgehead atoms. The first-order chi connectivity index (χ1) is 11.2. The third-order valence-electron chi connectivity index (χ3n) is 4.62. The van der Waals surface area contributed by atoms with Crippen molar-refractivity contribution in [2.45, 2.75) is 59.5 Å². The maximum Gasteiger partial charge on any atom is 0.410 e. The van der Waals surface area contributed by atoms with Gasteiger partial charge in [-0.15, -0.1) is 0 Å². The summed E-state index contributed by atoms with van der Waals surface area (Å²) in [5.41, 5.74) is 1.81. The smallest absolute Gasteiger partial charge is 0.410 e. The molecule has 1 atom stereocenters. The van der Waals surface area contributed by atoms with E-state index < -0.39 is 5.60 Å². The fraction of sp³-hybridized carbons (Fsp3) is 0.684. The van der Waals surface area contributed by atoms with E-state index in [-0.39, 0.29) is 11.5 Å². The molecule has 0 aliphatic carbocycles. The topological polar surface area (TPSA) is 51.7 Å². The quantitative estimate of drug-likeness (QED) is 0.836. The Morgan fingerprint density at radius 3 is 2.67 bits per heavy atom. The predicted molar refractivity (Wildman–Crippen MR) is 94.4 cm³/mol. The van der Waals surface area contributed by atoms with Gasteiger partial charge in [-0.2, -0.15) is 0 Å². The molecule has 5 heteroatoms. The lowest BCUT2D eigenvalue weighted by atomic mass is 9.78. The van der Waals surface area contributed by atoms with Crippen molar-refractivity contribution in [1.29, 1.82) is 0 Å². The number of pyridine rings is 1. The van der Waals surface area contributed by atoms with Gasteiger partial charge in [0.25, 0.3) is 0 Å². The minimum atomic E-state index is -0.454. The number of ether oxygens (including phenoxy) is 2. The number of hydrogen-bond acceptors (Lipinski definition) is 4. The standard InChI is InChI=1S/C19H30N2O3/c1-7-19(12-15-10-14(2)20-16(11-15)23-6)8-9-21(13-19)17(22)24-18(3,4)5/h10-11H,7-9,12-13H2,1-6H3/t19-/m1/s1. The summed E-state index contributed by atoms with van der Waals surface area (Å²) in [6.45, 7) is 11.4. The van der Waals surface area contributed by atoms with E-state index in [1.807, 2.05) is 38.7 Å². The number of rotatable bonds is 4. The lowest BCUT2D eigenvalue weighted by molar-refractivity contribution is 0.0271. The minimum absolute atomic E-state index is 0.0930. The molecule has 0 saturated carbocycles. The Labute approximate surface area is 145 Å². The number of carbonyl (C=O) groups is 1. The normalized spacial score (nSPS) is 21.0. The number of hydrogen-bond donors (Lipinski definition) is 0. The molecular formula is C19H30N2O3. The fourth-order valence-corrected chi connectivity index (χ4v) is 3.32. The van der Waals surface area contributed by atoms with E-state index >= 15 is 0 Å². The number of carbonyl (C=O) groups excluding carboxylic acids is 1. The maximum absolute atomic E-state index is 12.3. The molecule has 24 heavy (non-hydrogen) atoms. The number of aromatic nitrogens is 1. The van der Waals surface area contributed by atoms with Gasteiger partial charge in [-0.3, -0.25) is 0 Å². The van der Waals surface area contributed by atoms with Crippen molar-refractivity contribution < 1.29 is 14.3 Å². The lowest BCUT2D eigenvalue weighted by Gasteiger charge is -2.29. The second-order valence-electron chi connectivity index (χ2n) is 7.84. The minimum Gasteiger partial charge on any atom is -0.481 e. The lowest BCUT2D eigenvalue weighted by Crippen LogP contribution is -2.37. The first-order valence-corrected chi connectivity index (χ1v) is 8.66. The van der Waals surface area contributed by atoms with Crippen LogP contribution >= 0.6 is 0 Å². The molecule has 5 nitrogen and oxygen atoms in total. The molecule has 0 aromatic carbocycles. The summed E-state index contributed by atoms with van der Waals surface area (Å²) in [6.07, 6.45) is 2.73. The van der Waals surface area contributed by atoms with E-state index in [4.69, 9.17) is 9.47 Å². The van der Waals surface area contributed by atoms with Crippen LogP contribution in [0.2, 0.25) is 0 Å². The van der Waals surface area contributed by atoms with Gasteiger partial charge in [-0.05, 0) is 64.0 Å². The zero-order valence-corrected chi connectivity index (χ0v) is 15.8. The number of methoxy groups -OCH3 is 1. The van der Waals surface area contributed by atoms with Gasteiger partial charge in [0.05, 0.1) is 7.11 Å². The summed E-state index contributed by atoms with van der Waals surface area (Å²) in [5.74, 6) is 0.651. The van der Waals surface area contributed by atoms with Crippen LogP contribution in [-0.2, 0) is 11.2 Å². The second-order valence-corrected chi connectivity index (χ2v) is 7.84. The Morgan fingerprint density at radius 1 is 1.38 bits per heavy atom. The van der Waals surface area contributed by atoms with Crippen molar-refractivity contribution in [1.82, 2.24) is 9.88 Å². The Balaban J connectivity index is 2.11. The van der Waals surface area contributed by atoms with Gasteiger partial charge in [0, 0.05) is 24.8 Å². The third kappa shape index (κ3) is 4.62. The van der Waals surface area contributed by atoms with Crippen LogP contribution in [0.1, 0.15) is 51.8 Å². The van der Waals surface area contributed by atoms with Crippen molar-refractivity contribution in [3.05, 3.63) is 23.4 Å². The average Bonchev–Trinajstić information content (AvgIpc) is 2.90. The summed E-state index contributed by atoms with van der Waals surface area (Å²) in [5, 5.41) is 0. The van der Waals surface area contributed by atoms with E-state index in [0.717, 1.165) is 38.0 Å². The zero-order chi connectivity index (χ0) is 18.0. The maximum atomic E-state index is 12.3. The van der Waals surface area contributed by atoms with Crippen molar-refractivity contribution in [3.8, 4) is 5.88 Å². The van der Waals surface area contributed by atoms with Crippen molar-refractivity contribution in [2.24, 2.45) is 5.41 Å². The molecular weight excluding hydrogens is 304 g/mol. The van der Waals surface area contributed by atoms with Gasteiger partial charge < -0.3 is 14.4 Å². The Bertz CT molecular complexity index is 595. The molecule has 1 saturated heterocycles. The first kappa shape index (κ1) is 18.6. The highest BCUT2D eigenvalue weighted by Gasteiger charge is 2.40. The van der Waals surface area contributed by atoms with Gasteiger partial charge in [0.1, 0.15) is 5.60 Å². The summed E-state index contributed by atoms with van der Waals surface area (Å²) in [4.78, 5) is 18.5. The molecule has 0 unspecified atom stereocenters. The fourth-order valence-electron chi connectivity index (χ4n) is 3.32. The number of likely N-dealkylation sites (tertiary alicyclic amines) is 1. The summed E-state index contributed by atoms with van der Waals surface area (Å²) in [6, 6.07) is 4.11. The molecule has 1 aliphatic heterocycles. The van der Waals surface area contributed by atoms with Gasteiger partial charge in [-0.1, -0.05) is 6.92 Å². The molecule has 1 fully saturated rings. The molecule has 0 spiro atoms. The van der Waals surface area contributed by atoms with Crippen molar-refractivity contribution >= 4 is 6.09 Å². The highest BCUT2D eigenvalue weighted by molar-refractivity contribution is 5.68. The highest BCUT2D eigenvalue weighted by atomic mass is 16.6. The van der Waals surface area contributed by atoms with Gasteiger partial charge in [0.15, 0.2) is 0 Å². The second kappa shape index (κ2) is 6.99. The Kier molecular flexibility index (Phi) is 5.41. The predicted octanol–water partition coefficient (Wildman–Crippen LogP) is 3.98. The van der Waals surface area contributed by atoms with Crippen LogP contribution in [0.5, 0.6) is 5.88 Å². The Hall–Kier alpha value is -1.78. The number of amides is 1. The molecule has 0 radical (unpaired) electrons. The highest BCUT2D eigenvalue weighted by Crippen LogP contribution is 2.38. The number of aryl methyl sites for hydroxylation is 1. The van der Waals surface area contributed by atoms with Crippen molar-refractivity contribution in [3.63, 3.8) is 0 Å². The van der Waals surface area contributed by atoms with E-state index in [2.05, 4.69) is 18.0 Å². The average molecular weight is 334 g/mol. The molecule has 1 amide bonds. The van der Waals surface area contributed by atoms with Crippen LogP contribution < -0.4 is 4.74 Å². The summed E-state index contributed by atoms with van der Waals surface area (Å²) >= 11 is 0. The van der Waals surface area contributed by atoms with Crippen LogP contribution in [0.15, 0.2) is 12.1 Å². The van der Waals surface area contributed by atoms with Crippen LogP contribution in [-0.4, -0.2) is 41.8 Å². The van der Waals surface area contributed by atoms with Gasteiger partial charge in [-0.25, -0.2) is 9.78 Å². The number of nitrogens with zero attached hydrogens (tertiary/aromatic N) is 2.